The Bertz CT molecular complexity index is 325. The summed E-state index contributed by atoms with van der Waals surface area (Å²) in [6.45, 7) is 1.17. The van der Waals surface area contributed by atoms with Gasteiger partial charge in [0.1, 0.15) is 4.34 Å². The molecule has 0 bridgehead atoms. The summed E-state index contributed by atoms with van der Waals surface area (Å²) in [5.74, 6) is 0.955. The van der Waals surface area contributed by atoms with Gasteiger partial charge in [0.2, 0.25) is 0 Å². The molecule has 0 unspecified atom stereocenters. The second kappa shape index (κ2) is 2.85. The fourth-order valence-electron chi connectivity index (χ4n) is 2.23. The van der Waals surface area contributed by atoms with Crippen molar-refractivity contribution >= 4 is 28.1 Å². The molecule has 70 valence electrons. The lowest BCUT2D eigenvalue weighted by Gasteiger charge is -2.25. The van der Waals surface area contributed by atoms with Crippen LogP contribution in [0.2, 0.25) is 4.34 Å². The number of piperidine rings is 1. The molecular weight excluding hydrogens is 204 g/mol. The first kappa shape index (κ1) is 8.06. The van der Waals surface area contributed by atoms with Gasteiger partial charge in [0.25, 0.3) is 0 Å². The van der Waals surface area contributed by atoms with Crippen LogP contribution in [0.5, 0.6) is 0 Å². The van der Waals surface area contributed by atoms with Crippen molar-refractivity contribution in [2.45, 2.75) is 25.3 Å². The van der Waals surface area contributed by atoms with Crippen molar-refractivity contribution in [2.24, 2.45) is 5.92 Å². The molecule has 1 aliphatic heterocycles. The number of hydrogen-bond donors (Lipinski definition) is 0. The van der Waals surface area contributed by atoms with Crippen LogP contribution in [-0.4, -0.2) is 17.6 Å². The Balaban J connectivity index is 1.84. The summed E-state index contributed by atoms with van der Waals surface area (Å²) in [5, 5.41) is 1.12. The Labute approximate surface area is 86.5 Å². The van der Waals surface area contributed by atoms with E-state index in [0.29, 0.717) is 0 Å². The van der Waals surface area contributed by atoms with E-state index in [0.717, 1.165) is 21.4 Å². The molecule has 1 aromatic rings. The van der Waals surface area contributed by atoms with Gasteiger partial charge in [0.05, 0.1) is 6.20 Å². The van der Waals surface area contributed by atoms with Crippen LogP contribution in [0.4, 0.5) is 5.13 Å². The summed E-state index contributed by atoms with van der Waals surface area (Å²) < 4.78 is 0.803. The lowest BCUT2D eigenvalue weighted by molar-refractivity contribution is 0.558. The molecule has 2 nitrogen and oxygen atoms in total. The molecule has 1 aliphatic carbocycles. The van der Waals surface area contributed by atoms with E-state index in [1.165, 1.54) is 25.8 Å². The largest absolute Gasteiger partial charge is 0.345 e. The maximum Gasteiger partial charge on any atom is 0.186 e. The number of halogens is 1. The normalized spacial score (nSPS) is 31.6. The fraction of sp³-hybridized carbons (Fsp3) is 0.667. The monoisotopic (exact) mass is 214 g/mol. The summed E-state index contributed by atoms with van der Waals surface area (Å²) in [7, 11) is 0. The van der Waals surface area contributed by atoms with Gasteiger partial charge in [0, 0.05) is 12.6 Å². The summed E-state index contributed by atoms with van der Waals surface area (Å²) in [5.41, 5.74) is 0. The van der Waals surface area contributed by atoms with E-state index in [9.17, 15) is 0 Å². The minimum absolute atomic E-state index is 0.788. The SMILES string of the molecule is Clc1cnc(N2CCC[C@@H]3C[C@@H]32)s1. The molecule has 3 rings (SSSR count). The van der Waals surface area contributed by atoms with E-state index in [2.05, 4.69) is 9.88 Å². The van der Waals surface area contributed by atoms with E-state index >= 15 is 0 Å². The molecule has 0 spiro atoms. The van der Waals surface area contributed by atoms with Crippen molar-refractivity contribution in [2.75, 3.05) is 11.4 Å². The smallest absolute Gasteiger partial charge is 0.186 e. The Hall–Kier alpha value is -0.280. The predicted molar refractivity (Wildman–Crippen MR) is 55.6 cm³/mol. The third-order valence-corrected chi connectivity index (χ3v) is 4.12. The third kappa shape index (κ3) is 1.34. The van der Waals surface area contributed by atoms with Gasteiger partial charge in [-0.05, 0) is 25.2 Å². The van der Waals surface area contributed by atoms with E-state index in [1.807, 2.05) is 0 Å². The Morgan fingerprint density at radius 2 is 2.54 bits per heavy atom. The van der Waals surface area contributed by atoms with Crippen LogP contribution in [0, 0.1) is 5.92 Å². The molecule has 2 fully saturated rings. The standard InChI is InChI=1S/C9H11ClN2S/c10-8-5-11-9(13-8)12-3-1-2-6-4-7(6)12/h5-7H,1-4H2/t6-,7+/m1/s1. The summed E-state index contributed by atoms with van der Waals surface area (Å²) in [6.07, 6.45) is 5.86. The highest BCUT2D eigenvalue weighted by Crippen LogP contribution is 2.46. The second-order valence-corrected chi connectivity index (χ2v) is 5.49. The van der Waals surface area contributed by atoms with E-state index < -0.39 is 0 Å². The van der Waals surface area contributed by atoms with Crippen LogP contribution in [0.3, 0.4) is 0 Å². The number of rotatable bonds is 1. The summed E-state index contributed by atoms with van der Waals surface area (Å²) in [6, 6.07) is 0.788. The van der Waals surface area contributed by atoms with Gasteiger partial charge in [-0.25, -0.2) is 4.98 Å². The van der Waals surface area contributed by atoms with Crippen molar-refractivity contribution in [1.82, 2.24) is 4.98 Å². The highest BCUT2D eigenvalue weighted by Gasteiger charge is 2.44. The van der Waals surface area contributed by atoms with Crippen LogP contribution < -0.4 is 4.90 Å². The lowest BCUT2D eigenvalue weighted by atomic mass is 10.1. The van der Waals surface area contributed by atoms with E-state index in [1.54, 1.807) is 17.5 Å². The van der Waals surface area contributed by atoms with Gasteiger partial charge < -0.3 is 4.90 Å². The van der Waals surface area contributed by atoms with Crippen LogP contribution >= 0.6 is 22.9 Å². The molecule has 13 heavy (non-hydrogen) atoms. The zero-order valence-electron chi connectivity index (χ0n) is 7.24. The molecule has 4 heteroatoms. The highest BCUT2D eigenvalue weighted by molar-refractivity contribution is 7.19. The maximum absolute atomic E-state index is 5.87. The van der Waals surface area contributed by atoms with Crippen LogP contribution in [0.1, 0.15) is 19.3 Å². The number of anilines is 1. The zero-order chi connectivity index (χ0) is 8.84. The van der Waals surface area contributed by atoms with Crippen molar-refractivity contribution in [3.63, 3.8) is 0 Å². The quantitative estimate of drug-likeness (QED) is 0.715. The molecule has 1 saturated heterocycles. The average Bonchev–Trinajstić information content (AvgIpc) is 2.81. The Kier molecular flexibility index (Phi) is 1.77. The topological polar surface area (TPSA) is 16.1 Å². The second-order valence-electron chi connectivity index (χ2n) is 3.85. The molecule has 0 aromatic carbocycles. The van der Waals surface area contributed by atoms with E-state index in [-0.39, 0.29) is 0 Å². The molecule has 0 radical (unpaired) electrons. The predicted octanol–water partition coefficient (Wildman–Crippen LogP) is 2.79. The molecule has 1 aromatic heterocycles. The van der Waals surface area contributed by atoms with Gasteiger partial charge in [-0.15, -0.1) is 0 Å². The summed E-state index contributed by atoms with van der Waals surface area (Å²) >= 11 is 7.48. The zero-order valence-corrected chi connectivity index (χ0v) is 8.81. The molecular formula is C9H11ClN2S. The highest BCUT2D eigenvalue weighted by atomic mass is 35.5. The van der Waals surface area contributed by atoms with Crippen molar-refractivity contribution in [1.29, 1.82) is 0 Å². The molecule has 2 atom stereocenters. The molecule has 0 amide bonds. The number of fused-ring (bicyclic) bond motifs is 1. The van der Waals surface area contributed by atoms with Crippen molar-refractivity contribution < 1.29 is 0 Å². The number of hydrogen-bond acceptors (Lipinski definition) is 3. The number of thiazole rings is 1. The first-order valence-electron chi connectivity index (χ1n) is 4.72. The minimum atomic E-state index is 0.788. The van der Waals surface area contributed by atoms with Gasteiger partial charge in [-0.1, -0.05) is 22.9 Å². The average molecular weight is 215 g/mol. The molecule has 2 aliphatic rings. The van der Waals surface area contributed by atoms with Crippen LogP contribution in [-0.2, 0) is 0 Å². The lowest BCUT2D eigenvalue weighted by Crippen LogP contribution is -2.31. The minimum Gasteiger partial charge on any atom is -0.345 e. The van der Waals surface area contributed by atoms with Gasteiger partial charge in [-0.2, -0.15) is 0 Å². The molecule has 2 heterocycles. The fourth-order valence-corrected chi connectivity index (χ4v) is 3.21. The first-order chi connectivity index (χ1) is 6.34. The molecule has 1 saturated carbocycles. The van der Waals surface area contributed by atoms with Gasteiger partial charge >= 0.3 is 0 Å². The number of aromatic nitrogens is 1. The van der Waals surface area contributed by atoms with Gasteiger partial charge in [-0.3, -0.25) is 0 Å². The first-order valence-corrected chi connectivity index (χ1v) is 5.92. The Morgan fingerprint density at radius 1 is 1.62 bits per heavy atom. The van der Waals surface area contributed by atoms with Crippen LogP contribution in [0.15, 0.2) is 6.20 Å². The van der Waals surface area contributed by atoms with E-state index in [4.69, 9.17) is 11.6 Å². The Morgan fingerprint density at radius 3 is 3.31 bits per heavy atom. The number of nitrogens with zero attached hydrogens (tertiary/aromatic N) is 2. The third-order valence-electron chi connectivity index (χ3n) is 2.97. The van der Waals surface area contributed by atoms with Gasteiger partial charge in [0.15, 0.2) is 5.13 Å². The van der Waals surface area contributed by atoms with Crippen molar-refractivity contribution in [3.8, 4) is 0 Å². The summed E-state index contributed by atoms with van der Waals surface area (Å²) in [4.78, 5) is 6.76. The van der Waals surface area contributed by atoms with Crippen molar-refractivity contribution in [3.05, 3.63) is 10.5 Å². The maximum atomic E-state index is 5.87. The van der Waals surface area contributed by atoms with Crippen LogP contribution in [0.25, 0.3) is 0 Å². The molecule has 0 N–H and O–H groups in total.